The number of ether oxygens (including phenoxy) is 1. The van der Waals surface area contributed by atoms with Crippen LogP contribution in [-0.2, 0) is 6.42 Å². The Balaban J connectivity index is 2.08. The van der Waals surface area contributed by atoms with Gasteiger partial charge in [0.15, 0.2) is 0 Å². The molecule has 1 unspecified atom stereocenters. The van der Waals surface area contributed by atoms with E-state index in [-0.39, 0.29) is 6.04 Å². The van der Waals surface area contributed by atoms with Crippen LogP contribution in [0.3, 0.4) is 0 Å². The van der Waals surface area contributed by atoms with Crippen LogP contribution >= 0.6 is 0 Å². The summed E-state index contributed by atoms with van der Waals surface area (Å²) in [7, 11) is 1.67. The Labute approximate surface area is 113 Å². The number of para-hydroxylation sites is 1. The van der Waals surface area contributed by atoms with E-state index in [0.717, 1.165) is 24.2 Å². The van der Waals surface area contributed by atoms with Crippen molar-refractivity contribution in [1.82, 2.24) is 10.4 Å². The van der Waals surface area contributed by atoms with Crippen LogP contribution in [0, 0.1) is 0 Å². The molecule has 2 aromatic rings. The molecule has 1 atom stereocenters. The number of aromatic nitrogens is 1. The largest absolute Gasteiger partial charge is 0.496 e. The summed E-state index contributed by atoms with van der Waals surface area (Å²) in [5, 5.41) is 0. The lowest BCUT2D eigenvalue weighted by Gasteiger charge is -2.18. The average Bonchev–Trinajstić information content (AvgIpc) is 2.49. The van der Waals surface area contributed by atoms with Crippen LogP contribution in [0.1, 0.15) is 23.6 Å². The van der Waals surface area contributed by atoms with Gasteiger partial charge in [-0.1, -0.05) is 24.3 Å². The fraction of sp³-hybridized carbons (Fsp3) is 0.267. The zero-order valence-corrected chi connectivity index (χ0v) is 11.0. The molecule has 19 heavy (non-hydrogen) atoms. The van der Waals surface area contributed by atoms with Crippen LogP contribution in [0.25, 0.3) is 0 Å². The summed E-state index contributed by atoms with van der Waals surface area (Å²) in [4.78, 5) is 4.12. The number of hydrazine groups is 1. The maximum Gasteiger partial charge on any atom is 0.123 e. The molecule has 0 amide bonds. The molecule has 0 fully saturated rings. The van der Waals surface area contributed by atoms with Gasteiger partial charge in [0.1, 0.15) is 5.75 Å². The second kappa shape index (κ2) is 6.87. The van der Waals surface area contributed by atoms with E-state index in [4.69, 9.17) is 10.6 Å². The highest BCUT2D eigenvalue weighted by molar-refractivity contribution is 5.35. The second-order valence-electron chi connectivity index (χ2n) is 4.36. The summed E-state index contributed by atoms with van der Waals surface area (Å²) < 4.78 is 5.37. The van der Waals surface area contributed by atoms with Crippen LogP contribution in [0.4, 0.5) is 0 Å². The third kappa shape index (κ3) is 3.53. The Hall–Kier alpha value is -1.91. The van der Waals surface area contributed by atoms with Gasteiger partial charge in [-0.25, -0.2) is 0 Å². The quantitative estimate of drug-likeness (QED) is 0.615. The van der Waals surface area contributed by atoms with Crippen LogP contribution in [0.15, 0.2) is 48.8 Å². The molecule has 0 aliphatic rings. The third-order valence-corrected chi connectivity index (χ3v) is 3.16. The number of nitrogens with two attached hydrogens (primary N) is 1. The van der Waals surface area contributed by atoms with Gasteiger partial charge in [-0.15, -0.1) is 0 Å². The highest BCUT2D eigenvalue weighted by Crippen LogP contribution is 2.27. The normalized spacial score (nSPS) is 12.1. The number of aryl methyl sites for hydroxylation is 1. The van der Waals surface area contributed by atoms with E-state index in [9.17, 15) is 0 Å². The van der Waals surface area contributed by atoms with E-state index in [1.165, 1.54) is 5.56 Å². The maximum absolute atomic E-state index is 5.67. The van der Waals surface area contributed by atoms with Gasteiger partial charge in [0, 0.05) is 24.0 Å². The summed E-state index contributed by atoms with van der Waals surface area (Å²) in [6.45, 7) is 0. The number of hydrogen-bond donors (Lipinski definition) is 2. The molecule has 1 heterocycles. The molecule has 0 radical (unpaired) electrons. The molecule has 0 saturated heterocycles. The van der Waals surface area contributed by atoms with Gasteiger partial charge in [0.2, 0.25) is 0 Å². The van der Waals surface area contributed by atoms with E-state index < -0.39 is 0 Å². The van der Waals surface area contributed by atoms with Crippen molar-refractivity contribution >= 4 is 0 Å². The molecule has 2 rings (SSSR count). The summed E-state index contributed by atoms with van der Waals surface area (Å²) in [5.74, 6) is 6.53. The second-order valence-corrected chi connectivity index (χ2v) is 4.36. The lowest BCUT2D eigenvalue weighted by atomic mass is 9.99. The highest BCUT2D eigenvalue weighted by Gasteiger charge is 2.14. The van der Waals surface area contributed by atoms with Gasteiger partial charge in [-0.05, 0) is 30.5 Å². The van der Waals surface area contributed by atoms with E-state index in [0.29, 0.717) is 0 Å². The zero-order valence-electron chi connectivity index (χ0n) is 11.0. The first-order valence-electron chi connectivity index (χ1n) is 6.33. The monoisotopic (exact) mass is 257 g/mol. The molecule has 0 aliphatic heterocycles. The third-order valence-electron chi connectivity index (χ3n) is 3.16. The number of nitrogens with one attached hydrogen (secondary N) is 1. The molecule has 100 valence electrons. The maximum atomic E-state index is 5.67. The SMILES string of the molecule is COc1ccccc1C(CCc1cccnc1)NN. The van der Waals surface area contributed by atoms with E-state index in [1.807, 2.05) is 36.5 Å². The van der Waals surface area contributed by atoms with Gasteiger partial charge in [-0.3, -0.25) is 16.3 Å². The van der Waals surface area contributed by atoms with Crippen molar-refractivity contribution in [2.24, 2.45) is 5.84 Å². The lowest BCUT2D eigenvalue weighted by Crippen LogP contribution is -2.28. The molecule has 4 heteroatoms. The first-order valence-corrected chi connectivity index (χ1v) is 6.33. The zero-order chi connectivity index (χ0) is 13.5. The number of methoxy groups -OCH3 is 1. The van der Waals surface area contributed by atoms with Gasteiger partial charge >= 0.3 is 0 Å². The van der Waals surface area contributed by atoms with Gasteiger partial charge < -0.3 is 4.74 Å². The Kier molecular flexibility index (Phi) is 4.89. The first kappa shape index (κ1) is 13.5. The van der Waals surface area contributed by atoms with Crippen molar-refractivity contribution in [3.05, 3.63) is 59.9 Å². The Morgan fingerprint density at radius 2 is 2.11 bits per heavy atom. The van der Waals surface area contributed by atoms with Crippen LogP contribution < -0.4 is 16.0 Å². The van der Waals surface area contributed by atoms with Crippen molar-refractivity contribution in [1.29, 1.82) is 0 Å². The topological polar surface area (TPSA) is 60.2 Å². The van der Waals surface area contributed by atoms with Gasteiger partial charge in [0.25, 0.3) is 0 Å². The van der Waals surface area contributed by atoms with Crippen LogP contribution in [-0.4, -0.2) is 12.1 Å². The smallest absolute Gasteiger partial charge is 0.123 e. The predicted molar refractivity (Wildman–Crippen MR) is 75.6 cm³/mol. The fourth-order valence-corrected chi connectivity index (χ4v) is 2.14. The van der Waals surface area contributed by atoms with Crippen molar-refractivity contribution in [3.8, 4) is 5.75 Å². The van der Waals surface area contributed by atoms with Crippen molar-refractivity contribution in [2.75, 3.05) is 7.11 Å². The van der Waals surface area contributed by atoms with Crippen molar-refractivity contribution < 1.29 is 4.74 Å². The lowest BCUT2D eigenvalue weighted by molar-refractivity contribution is 0.396. The van der Waals surface area contributed by atoms with E-state index in [1.54, 1.807) is 13.3 Å². The molecule has 1 aromatic heterocycles. The number of pyridine rings is 1. The highest BCUT2D eigenvalue weighted by atomic mass is 16.5. The standard InChI is InChI=1S/C15H19N3O/c1-19-15-7-3-2-6-13(15)14(18-16)9-8-12-5-4-10-17-11-12/h2-7,10-11,14,18H,8-9,16H2,1H3. The average molecular weight is 257 g/mol. The predicted octanol–water partition coefficient (Wildman–Crippen LogP) is 2.23. The molecule has 0 bridgehead atoms. The number of rotatable bonds is 6. The van der Waals surface area contributed by atoms with Crippen LogP contribution in [0.2, 0.25) is 0 Å². The van der Waals surface area contributed by atoms with Crippen LogP contribution in [0.5, 0.6) is 5.75 Å². The Morgan fingerprint density at radius 3 is 2.79 bits per heavy atom. The van der Waals surface area contributed by atoms with Crippen molar-refractivity contribution in [2.45, 2.75) is 18.9 Å². The number of hydrogen-bond acceptors (Lipinski definition) is 4. The minimum absolute atomic E-state index is 0.0661. The summed E-state index contributed by atoms with van der Waals surface area (Å²) >= 11 is 0. The van der Waals surface area contributed by atoms with Gasteiger partial charge in [-0.2, -0.15) is 0 Å². The molecular weight excluding hydrogens is 238 g/mol. The number of benzene rings is 1. The summed E-state index contributed by atoms with van der Waals surface area (Å²) in [5.41, 5.74) is 5.15. The molecule has 3 N–H and O–H groups in total. The van der Waals surface area contributed by atoms with E-state index in [2.05, 4.69) is 16.5 Å². The fourth-order valence-electron chi connectivity index (χ4n) is 2.14. The van der Waals surface area contributed by atoms with Crippen molar-refractivity contribution in [3.63, 3.8) is 0 Å². The van der Waals surface area contributed by atoms with E-state index >= 15 is 0 Å². The Morgan fingerprint density at radius 1 is 1.26 bits per heavy atom. The minimum Gasteiger partial charge on any atom is -0.496 e. The molecule has 1 aromatic carbocycles. The molecule has 0 aliphatic carbocycles. The Bertz CT molecular complexity index is 502. The molecular formula is C15H19N3O. The molecule has 4 nitrogen and oxygen atoms in total. The molecule has 0 spiro atoms. The summed E-state index contributed by atoms with van der Waals surface area (Å²) in [6.07, 6.45) is 5.47. The number of nitrogens with zero attached hydrogens (tertiary/aromatic N) is 1. The first-order chi connectivity index (χ1) is 9.35. The molecule has 0 saturated carbocycles. The van der Waals surface area contributed by atoms with Gasteiger partial charge in [0.05, 0.1) is 7.11 Å². The minimum atomic E-state index is 0.0661. The summed E-state index contributed by atoms with van der Waals surface area (Å²) in [6, 6.07) is 12.0.